The number of ether oxygens (including phenoxy) is 6. The molecular formula is C26H32O13. The van der Waals surface area contributed by atoms with Gasteiger partial charge in [0.25, 0.3) is 0 Å². The predicted molar refractivity (Wildman–Crippen MR) is 127 cm³/mol. The lowest BCUT2D eigenvalue weighted by atomic mass is 9.83. The van der Waals surface area contributed by atoms with Crippen LogP contribution < -0.4 is 0 Å². The summed E-state index contributed by atoms with van der Waals surface area (Å²) in [5, 5.41) is 41.8. The summed E-state index contributed by atoms with van der Waals surface area (Å²) in [6.07, 6.45) is -8.23. The van der Waals surface area contributed by atoms with Crippen LogP contribution in [0.5, 0.6) is 5.75 Å². The van der Waals surface area contributed by atoms with E-state index in [1.165, 1.54) is 31.6 Å². The zero-order valence-corrected chi connectivity index (χ0v) is 21.5. The molecule has 1 aromatic carbocycles. The Morgan fingerprint density at radius 3 is 2.49 bits per heavy atom. The van der Waals surface area contributed by atoms with Crippen molar-refractivity contribution in [2.45, 2.75) is 63.4 Å². The van der Waals surface area contributed by atoms with Crippen LogP contribution in [0.2, 0.25) is 0 Å². The van der Waals surface area contributed by atoms with Gasteiger partial charge in [-0.05, 0) is 30.5 Å². The molecule has 1 saturated carbocycles. The van der Waals surface area contributed by atoms with Gasteiger partial charge >= 0.3 is 17.9 Å². The molecule has 0 aromatic heterocycles. The summed E-state index contributed by atoms with van der Waals surface area (Å²) in [4.78, 5) is 36.5. The molecule has 214 valence electrons. The Hall–Kier alpha value is -3.23. The molecule has 13 heteroatoms. The third-order valence-electron chi connectivity index (χ3n) is 7.33. The molecule has 0 spiro atoms. The van der Waals surface area contributed by atoms with Crippen LogP contribution >= 0.6 is 0 Å². The largest absolute Gasteiger partial charge is 0.508 e. The van der Waals surface area contributed by atoms with E-state index in [1.807, 2.05) is 0 Å². The average Bonchev–Trinajstić information content (AvgIpc) is 3.21. The molecule has 0 unspecified atom stereocenters. The van der Waals surface area contributed by atoms with Crippen LogP contribution in [-0.2, 0) is 38.0 Å². The van der Waals surface area contributed by atoms with Gasteiger partial charge in [-0.2, -0.15) is 0 Å². The highest BCUT2D eigenvalue weighted by molar-refractivity contribution is 5.90. The first-order valence-corrected chi connectivity index (χ1v) is 12.4. The quantitative estimate of drug-likeness (QED) is 0.261. The van der Waals surface area contributed by atoms with Gasteiger partial charge in [-0.1, -0.05) is 13.0 Å². The summed E-state index contributed by atoms with van der Waals surface area (Å²) in [7, 11) is 1.23. The Morgan fingerprint density at radius 1 is 1.08 bits per heavy atom. The van der Waals surface area contributed by atoms with E-state index < -0.39 is 85.4 Å². The number of aliphatic hydroxyl groups excluding tert-OH is 3. The lowest BCUT2D eigenvalue weighted by Gasteiger charge is -2.44. The second-order valence-electron chi connectivity index (χ2n) is 9.80. The minimum absolute atomic E-state index is 0.0374. The van der Waals surface area contributed by atoms with Crippen molar-refractivity contribution in [1.29, 1.82) is 0 Å². The zero-order chi connectivity index (χ0) is 28.4. The van der Waals surface area contributed by atoms with Crippen LogP contribution in [-0.4, -0.2) is 95.2 Å². The number of benzene rings is 1. The number of carbonyl (C=O) groups is 3. The van der Waals surface area contributed by atoms with Crippen molar-refractivity contribution in [3.8, 4) is 5.75 Å². The molecule has 2 fully saturated rings. The van der Waals surface area contributed by atoms with E-state index in [9.17, 15) is 34.8 Å². The van der Waals surface area contributed by atoms with E-state index in [1.54, 1.807) is 6.92 Å². The number of esters is 3. The molecule has 2 aliphatic heterocycles. The fraction of sp³-hybridized carbons (Fsp3) is 0.577. The highest BCUT2D eigenvalue weighted by Crippen LogP contribution is 2.47. The molecule has 4 N–H and O–H groups in total. The molecule has 0 bridgehead atoms. The first kappa shape index (κ1) is 28.8. The maximum Gasteiger partial charge on any atom is 0.338 e. The van der Waals surface area contributed by atoms with E-state index in [0.717, 1.165) is 13.0 Å². The number of fused-ring (bicyclic) bond motifs is 1. The number of rotatable bonds is 7. The molecular weight excluding hydrogens is 520 g/mol. The van der Waals surface area contributed by atoms with Gasteiger partial charge in [0.1, 0.15) is 30.7 Å². The van der Waals surface area contributed by atoms with Gasteiger partial charge in [-0.15, -0.1) is 0 Å². The number of hydrogen-bond acceptors (Lipinski definition) is 13. The number of phenols is 1. The smallest absolute Gasteiger partial charge is 0.338 e. The van der Waals surface area contributed by atoms with Crippen molar-refractivity contribution >= 4 is 17.9 Å². The van der Waals surface area contributed by atoms with Gasteiger partial charge in [0.2, 0.25) is 12.6 Å². The van der Waals surface area contributed by atoms with Crippen molar-refractivity contribution in [2.75, 3.05) is 13.7 Å². The van der Waals surface area contributed by atoms with E-state index in [0.29, 0.717) is 0 Å². The number of aliphatic hydroxyl groups is 3. The summed E-state index contributed by atoms with van der Waals surface area (Å²) < 4.78 is 32.8. The van der Waals surface area contributed by atoms with E-state index in [4.69, 9.17) is 28.4 Å². The van der Waals surface area contributed by atoms with Crippen LogP contribution in [0, 0.1) is 17.8 Å². The normalized spacial score (nSPS) is 35.7. The van der Waals surface area contributed by atoms with Gasteiger partial charge in [0.15, 0.2) is 6.10 Å². The Kier molecular flexibility index (Phi) is 8.76. The van der Waals surface area contributed by atoms with Gasteiger partial charge in [0, 0.05) is 18.8 Å². The molecule has 1 aromatic rings. The van der Waals surface area contributed by atoms with E-state index in [-0.39, 0.29) is 23.3 Å². The van der Waals surface area contributed by atoms with Gasteiger partial charge in [0.05, 0.1) is 30.6 Å². The summed E-state index contributed by atoms with van der Waals surface area (Å²) in [6.45, 7) is 2.49. The summed E-state index contributed by atoms with van der Waals surface area (Å²) >= 11 is 0. The molecule has 0 amide bonds. The number of hydrogen-bond donors (Lipinski definition) is 4. The average molecular weight is 553 g/mol. The molecule has 1 aliphatic carbocycles. The zero-order valence-electron chi connectivity index (χ0n) is 21.5. The van der Waals surface area contributed by atoms with Gasteiger partial charge < -0.3 is 48.8 Å². The van der Waals surface area contributed by atoms with Gasteiger partial charge in [-0.3, -0.25) is 4.79 Å². The van der Waals surface area contributed by atoms with E-state index in [2.05, 4.69) is 0 Å². The number of phenolic OH excluding ortho intramolecular Hbond substituents is 1. The van der Waals surface area contributed by atoms with Crippen molar-refractivity contribution in [3.05, 3.63) is 41.7 Å². The Morgan fingerprint density at radius 2 is 1.82 bits per heavy atom. The van der Waals surface area contributed by atoms with Crippen LogP contribution in [0.15, 0.2) is 36.1 Å². The summed E-state index contributed by atoms with van der Waals surface area (Å²) in [5.41, 5.74) is 0.190. The predicted octanol–water partition coefficient (Wildman–Crippen LogP) is -0.00970. The Balaban J connectivity index is 1.61. The van der Waals surface area contributed by atoms with Crippen molar-refractivity contribution in [1.82, 2.24) is 0 Å². The fourth-order valence-corrected chi connectivity index (χ4v) is 5.22. The molecule has 4 rings (SSSR count). The Labute approximate surface area is 223 Å². The lowest BCUT2D eigenvalue weighted by molar-refractivity contribution is -0.341. The second kappa shape index (κ2) is 11.9. The first-order chi connectivity index (χ1) is 18.5. The summed E-state index contributed by atoms with van der Waals surface area (Å²) in [6, 6.07) is 5.31. The van der Waals surface area contributed by atoms with Crippen LogP contribution in [0.25, 0.3) is 0 Å². The van der Waals surface area contributed by atoms with Crippen molar-refractivity contribution < 1.29 is 63.2 Å². The fourth-order valence-electron chi connectivity index (χ4n) is 5.22. The topological polar surface area (TPSA) is 188 Å². The number of aromatic hydroxyl groups is 1. The highest BCUT2D eigenvalue weighted by Gasteiger charge is 2.54. The maximum atomic E-state index is 12.8. The highest BCUT2D eigenvalue weighted by atomic mass is 16.8. The molecule has 3 aliphatic rings. The standard InChI is InChI=1S/C26H32O13/c1-11-17(29)8-15-16(24(33)34-3)9-36-25(19(11)15)39-26-22(38-23(32)13-5-4-6-14(28)7-13)21(31)20(30)18(37-26)10-35-12(2)27/h4-7,9,11,15,17-22,25-26,28-31H,8,10H2,1-3H3/t11-,15+,17-,18+,19+,20+,21-,22+,25-,26-/m0/s1. The molecule has 0 radical (unpaired) electrons. The van der Waals surface area contributed by atoms with Gasteiger partial charge in [-0.25, -0.2) is 9.59 Å². The maximum absolute atomic E-state index is 12.8. The second-order valence-corrected chi connectivity index (χ2v) is 9.80. The third kappa shape index (κ3) is 6.02. The SMILES string of the molecule is COC(=O)C1=CO[C@@H](O[C@@H]2O[C@H](COC(C)=O)[C@@H](O)[C@H](O)[C@H]2OC(=O)c2cccc(O)c2)[C@@H]2[C@@H](C)[C@@H](O)C[C@H]12. The van der Waals surface area contributed by atoms with Crippen LogP contribution in [0.4, 0.5) is 0 Å². The van der Waals surface area contributed by atoms with Crippen LogP contribution in [0.3, 0.4) is 0 Å². The molecule has 13 nitrogen and oxygen atoms in total. The summed E-state index contributed by atoms with van der Waals surface area (Å²) in [5.74, 6) is -3.83. The minimum atomic E-state index is -1.74. The minimum Gasteiger partial charge on any atom is -0.508 e. The lowest BCUT2D eigenvalue weighted by Crippen LogP contribution is -2.61. The number of carbonyl (C=O) groups excluding carboxylic acids is 3. The molecule has 39 heavy (non-hydrogen) atoms. The molecule has 2 heterocycles. The third-order valence-corrected chi connectivity index (χ3v) is 7.33. The molecule has 10 atom stereocenters. The van der Waals surface area contributed by atoms with E-state index >= 15 is 0 Å². The van der Waals surface area contributed by atoms with Crippen LogP contribution in [0.1, 0.15) is 30.6 Å². The Bertz CT molecular complexity index is 1100. The number of methoxy groups -OCH3 is 1. The monoisotopic (exact) mass is 552 g/mol. The first-order valence-electron chi connectivity index (χ1n) is 12.4. The van der Waals surface area contributed by atoms with Crippen molar-refractivity contribution in [3.63, 3.8) is 0 Å². The molecule has 1 saturated heterocycles. The van der Waals surface area contributed by atoms with Crippen molar-refractivity contribution in [2.24, 2.45) is 17.8 Å².